The number of benzene rings is 2. The van der Waals surface area contributed by atoms with Crippen LogP contribution in [-0.4, -0.2) is 84.9 Å². The van der Waals surface area contributed by atoms with Gasteiger partial charge in [0, 0.05) is 11.1 Å². The van der Waals surface area contributed by atoms with Crippen molar-refractivity contribution in [3.63, 3.8) is 0 Å². The van der Waals surface area contributed by atoms with E-state index in [9.17, 15) is 39.6 Å². The zero-order chi connectivity index (χ0) is 24.2. The summed E-state index contributed by atoms with van der Waals surface area (Å²) in [6.45, 7) is 0. The van der Waals surface area contributed by atoms with Gasteiger partial charge < -0.3 is 40.1 Å². The standard InChI is InChI=1S/C21H16O12/c22-9-5-6(19(28)29)4-8-11(9)14(24)12-7(13(8)23)2-1-3-10(12)32-21-17(27)15(25)16(26)18(33-21)20(30)31/h1-5,15-18,21-22,25-27H,(H,28,29)(H,30,31)/t15-,16-,17+,18-,21?/m0/s1. The lowest BCUT2D eigenvalue weighted by molar-refractivity contribution is -0.271. The molecule has 172 valence electrons. The van der Waals surface area contributed by atoms with Crippen molar-refractivity contribution >= 4 is 23.5 Å². The van der Waals surface area contributed by atoms with Gasteiger partial charge in [0.2, 0.25) is 12.1 Å². The summed E-state index contributed by atoms with van der Waals surface area (Å²) in [5, 5.41) is 58.5. The second-order valence-electron chi connectivity index (χ2n) is 7.41. The monoisotopic (exact) mass is 460 g/mol. The minimum atomic E-state index is -1.96. The van der Waals surface area contributed by atoms with E-state index in [4.69, 9.17) is 19.7 Å². The SMILES string of the molecule is O=C(O)c1cc(O)c2c(c1)C(=O)c1cccc(OC3O[C@H](C(=O)O)[C@@H](O)[C@H](O)[C@H]3O)c1C2=O. The first-order valence-corrected chi connectivity index (χ1v) is 9.44. The number of carboxylic acids is 2. The van der Waals surface area contributed by atoms with Crippen LogP contribution in [0.3, 0.4) is 0 Å². The number of carbonyl (C=O) groups excluding carboxylic acids is 2. The molecule has 6 N–H and O–H groups in total. The van der Waals surface area contributed by atoms with Crippen LogP contribution in [-0.2, 0) is 9.53 Å². The quantitative estimate of drug-likeness (QED) is 0.281. The van der Waals surface area contributed by atoms with Gasteiger partial charge in [0.15, 0.2) is 11.9 Å². The number of hydrogen-bond acceptors (Lipinski definition) is 10. The molecule has 0 amide bonds. The summed E-state index contributed by atoms with van der Waals surface area (Å²) < 4.78 is 10.5. The molecule has 0 radical (unpaired) electrons. The van der Waals surface area contributed by atoms with Crippen molar-refractivity contribution in [1.82, 2.24) is 0 Å². The van der Waals surface area contributed by atoms with E-state index in [2.05, 4.69) is 0 Å². The number of aliphatic hydroxyl groups excluding tert-OH is 3. The number of carbonyl (C=O) groups is 4. The molecule has 0 aromatic heterocycles. The third kappa shape index (κ3) is 3.50. The van der Waals surface area contributed by atoms with Gasteiger partial charge in [-0.1, -0.05) is 12.1 Å². The van der Waals surface area contributed by atoms with Crippen LogP contribution in [0.4, 0.5) is 0 Å². The number of carboxylic acid groups (broad SMARTS) is 2. The fourth-order valence-corrected chi connectivity index (χ4v) is 3.77. The lowest BCUT2D eigenvalue weighted by atomic mass is 9.82. The Labute approximate surface area is 183 Å². The van der Waals surface area contributed by atoms with Crippen LogP contribution in [0.15, 0.2) is 30.3 Å². The van der Waals surface area contributed by atoms with E-state index in [1.807, 2.05) is 0 Å². The predicted octanol–water partition coefficient (Wildman–Crippen LogP) is -0.863. The highest BCUT2D eigenvalue weighted by Gasteiger charge is 2.48. The fraction of sp³-hybridized carbons (Fsp3) is 0.238. The normalized spacial score (nSPS) is 26.3. The molecule has 1 aliphatic heterocycles. The summed E-state index contributed by atoms with van der Waals surface area (Å²) >= 11 is 0. The Balaban J connectivity index is 1.76. The number of aliphatic carboxylic acids is 1. The Hall–Kier alpha value is -3.84. The Morgan fingerprint density at radius 1 is 0.879 bits per heavy atom. The molecule has 33 heavy (non-hydrogen) atoms. The third-order valence-electron chi connectivity index (χ3n) is 5.39. The first-order valence-electron chi connectivity index (χ1n) is 9.44. The number of rotatable bonds is 4. The van der Waals surface area contributed by atoms with Crippen molar-refractivity contribution in [1.29, 1.82) is 0 Å². The molecule has 5 atom stereocenters. The fourth-order valence-electron chi connectivity index (χ4n) is 3.77. The number of aromatic hydroxyl groups is 1. The molecule has 1 saturated heterocycles. The summed E-state index contributed by atoms with van der Waals surface area (Å²) in [7, 11) is 0. The Morgan fingerprint density at radius 3 is 2.21 bits per heavy atom. The van der Waals surface area contributed by atoms with Crippen LogP contribution in [0, 0.1) is 0 Å². The minimum Gasteiger partial charge on any atom is -0.507 e. The van der Waals surface area contributed by atoms with Gasteiger partial charge in [-0.2, -0.15) is 0 Å². The highest BCUT2D eigenvalue weighted by molar-refractivity contribution is 6.30. The number of hydrogen-bond donors (Lipinski definition) is 6. The molecule has 1 fully saturated rings. The van der Waals surface area contributed by atoms with E-state index in [0.29, 0.717) is 0 Å². The second-order valence-corrected chi connectivity index (χ2v) is 7.41. The van der Waals surface area contributed by atoms with Crippen LogP contribution >= 0.6 is 0 Å². The number of ether oxygens (including phenoxy) is 2. The summed E-state index contributed by atoms with van der Waals surface area (Å²) in [5.74, 6) is -5.83. The van der Waals surface area contributed by atoms with E-state index in [1.54, 1.807) is 0 Å². The lowest BCUT2D eigenvalue weighted by Gasteiger charge is -2.38. The van der Waals surface area contributed by atoms with Gasteiger partial charge in [-0.3, -0.25) is 9.59 Å². The number of phenolic OH excluding ortho intramolecular Hbond substituents is 1. The lowest BCUT2D eigenvalue weighted by Crippen LogP contribution is -2.61. The van der Waals surface area contributed by atoms with Crippen molar-refractivity contribution in [2.24, 2.45) is 0 Å². The van der Waals surface area contributed by atoms with Crippen molar-refractivity contribution in [3.8, 4) is 11.5 Å². The Bertz CT molecular complexity index is 1200. The van der Waals surface area contributed by atoms with Gasteiger partial charge in [-0.05, 0) is 18.2 Å². The first kappa shape index (κ1) is 22.4. The van der Waals surface area contributed by atoms with Crippen molar-refractivity contribution in [3.05, 3.63) is 58.1 Å². The highest BCUT2D eigenvalue weighted by Crippen LogP contribution is 2.38. The van der Waals surface area contributed by atoms with Crippen LogP contribution < -0.4 is 4.74 Å². The molecule has 1 aliphatic carbocycles. The van der Waals surface area contributed by atoms with Gasteiger partial charge in [0.05, 0.1) is 16.7 Å². The molecule has 1 unspecified atom stereocenters. The van der Waals surface area contributed by atoms with Crippen LogP contribution in [0.1, 0.15) is 42.2 Å². The molecule has 12 heteroatoms. The van der Waals surface area contributed by atoms with Crippen molar-refractivity contribution in [2.75, 3.05) is 0 Å². The maximum atomic E-state index is 13.2. The van der Waals surface area contributed by atoms with E-state index in [1.165, 1.54) is 18.2 Å². The molecule has 12 nitrogen and oxygen atoms in total. The topological polar surface area (TPSA) is 208 Å². The minimum absolute atomic E-state index is 0.201. The molecular formula is C21H16O12. The van der Waals surface area contributed by atoms with Gasteiger partial charge >= 0.3 is 11.9 Å². The summed E-state index contributed by atoms with van der Waals surface area (Å²) in [5.41, 5.74) is -1.75. The Morgan fingerprint density at radius 2 is 1.58 bits per heavy atom. The van der Waals surface area contributed by atoms with Gasteiger partial charge in [0.1, 0.15) is 29.8 Å². The number of ketones is 2. The average Bonchev–Trinajstić information content (AvgIpc) is 2.76. The van der Waals surface area contributed by atoms with Crippen molar-refractivity contribution < 1.29 is 59.3 Å². The Kier molecular flexibility index (Phi) is 5.38. The predicted molar refractivity (Wildman–Crippen MR) is 103 cm³/mol. The maximum absolute atomic E-state index is 13.2. The van der Waals surface area contributed by atoms with Gasteiger partial charge in [-0.25, -0.2) is 9.59 Å². The molecule has 0 saturated carbocycles. The molecule has 2 aromatic carbocycles. The zero-order valence-corrected chi connectivity index (χ0v) is 16.4. The molecule has 2 aromatic rings. The molecule has 4 rings (SSSR count). The van der Waals surface area contributed by atoms with Crippen molar-refractivity contribution in [2.45, 2.75) is 30.7 Å². The number of aromatic carboxylic acids is 1. The molecular weight excluding hydrogens is 444 g/mol. The van der Waals surface area contributed by atoms with Gasteiger partial charge in [-0.15, -0.1) is 0 Å². The number of phenols is 1. The van der Waals surface area contributed by atoms with E-state index >= 15 is 0 Å². The summed E-state index contributed by atoms with van der Waals surface area (Å²) in [6.07, 6.45) is -9.63. The highest BCUT2D eigenvalue weighted by atomic mass is 16.7. The van der Waals surface area contributed by atoms with Crippen LogP contribution in [0.25, 0.3) is 0 Å². The summed E-state index contributed by atoms with van der Waals surface area (Å²) in [4.78, 5) is 48.7. The molecule has 0 bridgehead atoms. The van der Waals surface area contributed by atoms with E-state index < -0.39 is 71.1 Å². The van der Waals surface area contributed by atoms with Crippen LogP contribution in [0.5, 0.6) is 11.5 Å². The van der Waals surface area contributed by atoms with E-state index in [-0.39, 0.29) is 22.4 Å². The maximum Gasteiger partial charge on any atom is 0.335 e. The summed E-state index contributed by atoms with van der Waals surface area (Å²) in [6, 6.07) is 5.54. The molecule has 0 spiro atoms. The third-order valence-corrected chi connectivity index (χ3v) is 5.39. The first-order chi connectivity index (χ1) is 15.5. The largest absolute Gasteiger partial charge is 0.507 e. The van der Waals surface area contributed by atoms with Crippen LogP contribution in [0.2, 0.25) is 0 Å². The zero-order valence-electron chi connectivity index (χ0n) is 16.4. The molecule has 1 heterocycles. The van der Waals surface area contributed by atoms with Gasteiger partial charge in [0.25, 0.3) is 0 Å². The number of fused-ring (bicyclic) bond motifs is 2. The second kappa shape index (κ2) is 7.94. The molecule has 2 aliphatic rings. The number of aliphatic hydroxyl groups is 3. The van der Waals surface area contributed by atoms with E-state index in [0.717, 1.165) is 12.1 Å². The average molecular weight is 460 g/mol. The smallest absolute Gasteiger partial charge is 0.335 e.